The monoisotopic (exact) mass is 247 g/mol. The van der Waals surface area contributed by atoms with Crippen molar-refractivity contribution in [1.82, 2.24) is 5.32 Å². The summed E-state index contributed by atoms with van der Waals surface area (Å²) in [5, 5.41) is 2.74. The second-order valence-corrected chi connectivity index (χ2v) is 4.55. The summed E-state index contributed by atoms with van der Waals surface area (Å²) in [6.07, 6.45) is 3.04. The van der Waals surface area contributed by atoms with Crippen LogP contribution in [0.5, 0.6) is 0 Å². The zero-order chi connectivity index (χ0) is 13.4. The first-order valence-electron chi connectivity index (χ1n) is 6.45. The number of amides is 1. The van der Waals surface area contributed by atoms with E-state index in [2.05, 4.69) is 36.5 Å². The number of nitrogens with one attached hydrogen (secondary N) is 1. The molecule has 0 fully saturated rings. The van der Waals surface area contributed by atoms with Gasteiger partial charge in [-0.15, -0.1) is 0 Å². The van der Waals surface area contributed by atoms with Crippen LogP contribution in [0, 0.1) is 0 Å². The molecular weight excluding hydrogens is 226 g/mol. The van der Waals surface area contributed by atoms with Crippen LogP contribution in [0.2, 0.25) is 0 Å². The van der Waals surface area contributed by atoms with E-state index < -0.39 is 0 Å². The molecule has 1 amide bonds. The van der Waals surface area contributed by atoms with Gasteiger partial charge >= 0.3 is 0 Å². The molecule has 0 aliphatic carbocycles. The number of ketones is 1. The molecule has 3 heteroatoms. The van der Waals surface area contributed by atoms with Gasteiger partial charge in [-0.2, -0.15) is 0 Å². The van der Waals surface area contributed by atoms with Gasteiger partial charge in [-0.05, 0) is 30.9 Å². The Morgan fingerprint density at radius 1 is 1.06 bits per heavy atom. The second kappa shape index (κ2) is 7.64. The van der Waals surface area contributed by atoms with Crippen molar-refractivity contribution in [2.45, 2.75) is 39.5 Å². The van der Waals surface area contributed by atoms with Crippen LogP contribution < -0.4 is 5.32 Å². The lowest BCUT2D eigenvalue weighted by molar-refractivity contribution is -0.127. The van der Waals surface area contributed by atoms with E-state index >= 15 is 0 Å². The fourth-order valence-electron chi connectivity index (χ4n) is 1.80. The Bertz CT molecular complexity index is 395. The van der Waals surface area contributed by atoms with Crippen LogP contribution in [0.4, 0.5) is 0 Å². The molecule has 0 aliphatic heterocycles. The van der Waals surface area contributed by atoms with Crippen LogP contribution in [-0.2, 0) is 22.4 Å². The Kier molecular flexibility index (Phi) is 6.12. The van der Waals surface area contributed by atoms with Gasteiger partial charge in [0.2, 0.25) is 5.91 Å². The van der Waals surface area contributed by atoms with Crippen LogP contribution in [0.25, 0.3) is 0 Å². The molecule has 0 aromatic heterocycles. The van der Waals surface area contributed by atoms with E-state index in [1.807, 2.05) is 0 Å². The number of benzene rings is 1. The summed E-state index contributed by atoms with van der Waals surface area (Å²) >= 11 is 0. The lowest BCUT2D eigenvalue weighted by atomic mass is 10.1. The third-order valence-electron chi connectivity index (χ3n) is 2.71. The highest BCUT2D eigenvalue weighted by molar-refractivity contribution is 5.96. The van der Waals surface area contributed by atoms with Gasteiger partial charge in [0, 0.05) is 6.54 Å². The van der Waals surface area contributed by atoms with Gasteiger partial charge in [-0.25, -0.2) is 0 Å². The number of Topliss-reactive ketones (excluding diaryl/α,β-unsaturated/α-hetero) is 1. The minimum atomic E-state index is -0.190. The van der Waals surface area contributed by atoms with Crippen molar-refractivity contribution in [1.29, 1.82) is 0 Å². The smallest absolute Gasteiger partial charge is 0.227 e. The number of hydrogen-bond acceptors (Lipinski definition) is 2. The van der Waals surface area contributed by atoms with Crippen LogP contribution in [0.15, 0.2) is 24.3 Å². The number of aryl methyl sites for hydroxylation is 1. The maximum atomic E-state index is 11.3. The van der Waals surface area contributed by atoms with Crippen LogP contribution >= 0.6 is 0 Å². The van der Waals surface area contributed by atoms with Gasteiger partial charge in [0.1, 0.15) is 5.78 Å². The minimum absolute atomic E-state index is 0.0184. The predicted octanol–water partition coefficient (Wildman–Crippen LogP) is 2.28. The quantitative estimate of drug-likeness (QED) is 0.751. The highest BCUT2D eigenvalue weighted by atomic mass is 16.2. The number of rotatable bonds is 7. The first-order chi connectivity index (χ1) is 8.61. The Hall–Kier alpha value is -1.64. The molecule has 0 unspecified atom stereocenters. The van der Waals surface area contributed by atoms with E-state index in [9.17, 15) is 9.59 Å². The zero-order valence-corrected chi connectivity index (χ0v) is 11.2. The molecule has 1 N–H and O–H groups in total. The summed E-state index contributed by atoms with van der Waals surface area (Å²) < 4.78 is 0. The van der Waals surface area contributed by atoms with Crippen molar-refractivity contribution < 1.29 is 9.59 Å². The van der Waals surface area contributed by atoms with Crippen LogP contribution in [0.1, 0.15) is 37.8 Å². The SMILES string of the molecule is CCCc1ccc(CCNC(=O)CC(C)=O)cc1. The zero-order valence-electron chi connectivity index (χ0n) is 11.2. The summed E-state index contributed by atoms with van der Waals surface area (Å²) in [5.41, 5.74) is 2.56. The molecule has 98 valence electrons. The molecular formula is C15H21NO2. The van der Waals surface area contributed by atoms with Gasteiger partial charge in [-0.3, -0.25) is 9.59 Å². The third-order valence-corrected chi connectivity index (χ3v) is 2.71. The number of carbonyl (C=O) groups excluding carboxylic acids is 2. The summed E-state index contributed by atoms with van der Waals surface area (Å²) in [6, 6.07) is 8.47. The Morgan fingerprint density at radius 3 is 2.11 bits per heavy atom. The van der Waals surface area contributed by atoms with E-state index in [4.69, 9.17) is 0 Å². The lowest BCUT2D eigenvalue weighted by Crippen LogP contribution is -2.27. The minimum Gasteiger partial charge on any atom is -0.355 e. The average molecular weight is 247 g/mol. The van der Waals surface area contributed by atoms with Crippen molar-refractivity contribution in [3.05, 3.63) is 35.4 Å². The van der Waals surface area contributed by atoms with E-state index in [0.717, 1.165) is 19.3 Å². The molecule has 1 rings (SSSR count). The van der Waals surface area contributed by atoms with Gasteiger partial charge < -0.3 is 5.32 Å². The maximum absolute atomic E-state index is 11.3. The molecule has 0 saturated heterocycles. The van der Waals surface area contributed by atoms with Crippen LogP contribution in [-0.4, -0.2) is 18.2 Å². The van der Waals surface area contributed by atoms with Gasteiger partial charge in [0.25, 0.3) is 0 Å². The molecule has 0 spiro atoms. The largest absolute Gasteiger partial charge is 0.355 e. The third kappa shape index (κ3) is 5.62. The number of carbonyl (C=O) groups is 2. The standard InChI is InChI=1S/C15H21NO2/c1-3-4-13-5-7-14(8-6-13)9-10-16-15(18)11-12(2)17/h5-8H,3-4,9-11H2,1-2H3,(H,16,18). The topological polar surface area (TPSA) is 46.2 Å². The summed E-state index contributed by atoms with van der Waals surface area (Å²) in [7, 11) is 0. The predicted molar refractivity (Wildman–Crippen MR) is 72.4 cm³/mol. The highest BCUT2D eigenvalue weighted by Crippen LogP contribution is 2.06. The van der Waals surface area contributed by atoms with Gasteiger partial charge in [0.05, 0.1) is 6.42 Å². The average Bonchev–Trinajstić information content (AvgIpc) is 2.31. The molecule has 1 aromatic rings. The van der Waals surface area contributed by atoms with E-state index in [1.165, 1.54) is 18.1 Å². The Morgan fingerprint density at radius 2 is 1.61 bits per heavy atom. The van der Waals surface area contributed by atoms with E-state index in [1.54, 1.807) is 0 Å². The second-order valence-electron chi connectivity index (χ2n) is 4.55. The molecule has 0 atom stereocenters. The fraction of sp³-hybridized carbons (Fsp3) is 0.467. The highest BCUT2D eigenvalue weighted by Gasteiger charge is 2.03. The van der Waals surface area contributed by atoms with Crippen molar-refractivity contribution in [3.63, 3.8) is 0 Å². The van der Waals surface area contributed by atoms with Gasteiger partial charge in [-0.1, -0.05) is 37.6 Å². The summed E-state index contributed by atoms with van der Waals surface area (Å²) in [5.74, 6) is -0.290. The van der Waals surface area contributed by atoms with Crippen molar-refractivity contribution in [3.8, 4) is 0 Å². The maximum Gasteiger partial charge on any atom is 0.227 e. The Labute approximate surface area is 109 Å². The summed E-state index contributed by atoms with van der Waals surface area (Å²) in [6.45, 7) is 4.17. The van der Waals surface area contributed by atoms with E-state index in [-0.39, 0.29) is 18.1 Å². The molecule has 1 aromatic carbocycles. The fourth-order valence-corrected chi connectivity index (χ4v) is 1.80. The molecule has 0 radical (unpaired) electrons. The molecule has 0 bridgehead atoms. The molecule has 0 aliphatic rings. The van der Waals surface area contributed by atoms with E-state index in [0.29, 0.717) is 6.54 Å². The molecule has 0 saturated carbocycles. The first-order valence-corrected chi connectivity index (χ1v) is 6.45. The van der Waals surface area contributed by atoms with Crippen molar-refractivity contribution in [2.24, 2.45) is 0 Å². The normalized spacial score (nSPS) is 10.1. The van der Waals surface area contributed by atoms with Crippen molar-refractivity contribution in [2.75, 3.05) is 6.54 Å². The Balaban J connectivity index is 2.31. The molecule has 3 nitrogen and oxygen atoms in total. The number of hydrogen-bond donors (Lipinski definition) is 1. The van der Waals surface area contributed by atoms with Crippen molar-refractivity contribution >= 4 is 11.7 Å². The first kappa shape index (κ1) is 14.4. The van der Waals surface area contributed by atoms with Crippen LogP contribution in [0.3, 0.4) is 0 Å². The van der Waals surface area contributed by atoms with Gasteiger partial charge in [0.15, 0.2) is 0 Å². The summed E-state index contributed by atoms with van der Waals surface area (Å²) in [4.78, 5) is 22.0. The lowest BCUT2D eigenvalue weighted by Gasteiger charge is -2.05. The molecule has 0 heterocycles. The molecule has 18 heavy (non-hydrogen) atoms.